The van der Waals surface area contributed by atoms with Crippen molar-refractivity contribution in [2.45, 2.75) is 13.3 Å². The SMILES string of the molecule is CCc1cc(Br)ccc1Nc1nc(N)cc(Br)n1. The highest BCUT2D eigenvalue weighted by molar-refractivity contribution is 9.10. The van der Waals surface area contributed by atoms with E-state index in [0.717, 1.165) is 16.6 Å². The minimum atomic E-state index is 0.425. The van der Waals surface area contributed by atoms with Gasteiger partial charge in [-0.05, 0) is 46.1 Å². The molecule has 0 bridgehead atoms. The molecule has 2 rings (SSSR count). The van der Waals surface area contributed by atoms with Crippen molar-refractivity contribution in [1.82, 2.24) is 9.97 Å². The molecule has 0 radical (unpaired) electrons. The van der Waals surface area contributed by atoms with Crippen LogP contribution in [0.1, 0.15) is 12.5 Å². The van der Waals surface area contributed by atoms with Gasteiger partial charge in [0, 0.05) is 16.2 Å². The third kappa shape index (κ3) is 3.20. The van der Waals surface area contributed by atoms with E-state index < -0.39 is 0 Å². The van der Waals surface area contributed by atoms with E-state index in [1.165, 1.54) is 5.56 Å². The van der Waals surface area contributed by atoms with Crippen LogP contribution in [0.25, 0.3) is 0 Å². The molecule has 1 heterocycles. The first-order chi connectivity index (χ1) is 8.58. The molecular formula is C12H12Br2N4. The molecule has 0 unspecified atom stereocenters. The van der Waals surface area contributed by atoms with Gasteiger partial charge in [0.2, 0.25) is 5.95 Å². The van der Waals surface area contributed by atoms with Gasteiger partial charge in [0.15, 0.2) is 0 Å². The van der Waals surface area contributed by atoms with Crippen LogP contribution in [0.3, 0.4) is 0 Å². The first-order valence-electron chi connectivity index (χ1n) is 5.44. The van der Waals surface area contributed by atoms with Crippen LogP contribution in [-0.2, 0) is 6.42 Å². The second kappa shape index (κ2) is 5.67. The number of aryl methyl sites for hydroxylation is 1. The summed E-state index contributed by atoms with van der Waals surface area (Å²) in [5, 5.41) is 3.18. The Labute approximate surface area is 122 Å². The van der Waals surface area contributed by atoms with Gasteiger partial charge in [-0.25, -0.2) is 4.98 Å². The van der Waals surface area contributed by atoms with Crippen LogP contribution >= 0.6 is 31.9 Å². The molecule has 0 fully saturated rings. The largest absolute Gasteiger partial charge is 0.383 e. The summed E-state index contributed by atoms with van der Waals surface area (Å²) in [6, 6.07) is 7.70. The van der Waals surface area contributed by atoms with Gasteiger partial charge in [-0.2, -0.15) is 4.98 Å². The summed E-state index contributed by atoms with van der Waals surface area (Å²) in [7, 11) is 0. The van der Waals surface area contributed by atoms with Crippen LogP contribution < -0.4 is 11.1 Å². The van der Waals surface area contributed by atoms with Gasteiger partial charge in [-0.1, -0.05) is 22.9 Å². The van der Waals surface area contributed by atoms with Crippen molar-refractivity contribution >= 4 is 49.3 Å². The molecule has 0 aliphatic carbocycles. The number of anilines is 3. The Bertz CT molecular complexity index is 552. The summed E-state index contributed by atoms with van der Waals surface area (Å²) in [5.74, 6) is 0.911. The number of halogens is 2. The van der Waals surface area contributed by atoms with Crippen LogP contribution in [0.15, 0.2) is 33.3 Å². The highest BCUT2D eigenvalue weighted by Crippen LogP contribution is 2.24. The predicted molar refractivity (Wildman–Crippen MR) is 80.9 cm³/mol. The third-order valence-corrected chi connectivity index (χ3v) is 3.31. The molecule has 0 spiro atoms. The second-order valence-corrected chi connectivity index (χ2v) is 5.45. The molecular weight excluding hydrogens is 360 g/mol. The van der Waals surface area contributed by atoms with Gasteiger partial charge in [0.25, 0.3) is 0 Å². The summed E-state index contributed by atoms with van der Waals surface area (Å²) in [6.45, 7) is 2.10. The first kappa shape index (κ1) is 13.3. The maximum absolute atomic E-state index is 5.68. The highest BCUT2D eigenvalue weighted by atomic mass is 79.9. The molecule has 3 N–H and O–H groups in total. The summed E-state index contributed by atoms with van der Waals surface area (Å²) >= 11 is 6.75. The van der Waals surface area contributed by atoms with Gasteiger partial charge in [-0.15, -0.1) is 0 Å². The quantitative estimate of drug-likeness (QED) is 0.803. The van der Waals surface area contributed by atoms with E-state index in [1.54, 1.807) is 6.07 Å². The molecule has 0 saturated carbocycles. The lowest BCUT2D eigenvalue weighted by Crippen LogP contribution is -2.02. The monoisotopic (exact) mass is 370 g/mol. The zero-order valence-corrected chi connectivity index (χ0v) is 12.9. The van der Waals surface area contributed by atoms with Crippen LogP contribution in [-0.4, -0.2) is 9.97 Å². The van der Waals surface area contributed by atoms with Crippen LogP contribution in [0.4, 0.5) is 17.5 Å². The smallest absolute Gasteiger partial charge is 0.230 e. The van der Waals surface area contributed by atoms with Crippen molar-refractivity contribution in [3.8, 4) is 0 Å². The topological polar surface area (TPSA) is 63.8 Å². The molecule has 0 aliphatic heterocycles. The summed E-state index contributed by atoms with van der Waals surface area (Å²) in [5.41, 5.74) is 7.85. The Kier molecular flexibility index (Phi) is 4.19. The Morgan fingerprint density at radius 1 is 1.22 bits per heavy atom. The van der Waals surface area contributed by atoms with Crippen molar-refractivity contribution in [1.29, 1.82) is 0 Å². The number of nitrogens with zero attached hydrogens (tertiary/aromatic N) is 2. The normalized spacial score (nSPS) is 10.4. The molecule has 1 aromatic heterocycles. The Balaban J connectivity index is 2.33. The second-order valence-electron chi connectivity index (χ2n) is 3.72. The number of benzene rings is 1. The van der Waals surface area contributed by atoms with Gasteiger partial charge in [0.05, 0.1) is 0 Å². The Morgan fingerprint density at radius 2 is 2.00 bits per heavy atom. The zero-order valence-electron chi connectivity index (χ0n) is 9.74. The lowest BCUT2D eigenvalue weighted by Gasteiger charge is -2.10. The average molecular weight is 372 g/mol. The van der Waals surface area contributed by atoms with E-state index in [2.05, 4.69) is 60.1 Å². The Morgan fingerprint density at radius 3 is 2.67 bits per heavy atom. The molecule has 0 saturated heterocycles. The average Bonchev–Trinajstić information content (AvgIpc) is 2.30. The number of nitrogens with two attached hydrogens (primary N) is 1. The maximum atomic E-state index is 5.68. The van der Waals surface area contributed by atoms with E-state index in [9.17, 15) is 0 Å². The summed E-state index contributed by atoms with van der Waals surface area (Å²) in [6.07, 6.45) is 0.922. The molecule has 2 aromatic rings. The lowest BCUT2D eigenvalue weighted by atomic mass is 10.1. The first-order valence-corrected chi connectivity index (χ1v) is 7.02. The minimum Gasteiger partial charge on any atom is -0.383 e. The fourth-order valence-corrected chi connectivity index (χ4v) is 2.40. The number of rotatable bonds is 3. The molecule has 6 heteroatoms. The van der Waals surface area contributed by atoms with Crippen molar-refractivity contribution < 1.29 is 0 Å². The number of nitrogens with one attached hydrogen (secondary N) is 1. The highest BCUT2D eigenvalue weighted by Gasteiger charge is 2.05. The van der Waals surface area contributed by atoms with Gasteiger partial charge in [-0.3, -0.25) is 0 Å². The van der Waals surface area contributed by atoms with Crippen LogP contribution in [0.2, 0.25) is 0 Å². The van der Waals surface area contributed by atoms with Gasteiger partial charge in [0.1, 0.15) is 10.4 Å². The van der Waals surface area contributed by atoms with E-state index >= 15 is 0 Å². The van der Waals surface area contributed by atoms with Crippen molar-refractivity contribution in [3.63, 3.8) is 0 Å². The standard InChI is InChI=1S/C12H12Br2N4/c1-2-7-5-8(13)3-4-9(7)16-12-17-10(14)6-11(15)18-12/h3-6H,2H2,1H3,(H3,15,16,17,18). The molecule has 94 valence electrons. The van der Waals surface area contributed by atoms with Crippen LogP contribution in [0, 0.1) is 0 Å². The van der Waals surface area contributed by atoms with Gasteiger partial charge < -0.3 is 11.1 Å². The maximum Gasteiger partial charge on any atom is 0.230 e. The molecule has 1 aromatic carbocycles. The van der Waals surface area contributed by atoms with Crippen molar-refractivity contribution in [3.05, 3.63) is 38.9 Å². The molecule has 0 atom stereocenters. The molecule has 18 heavy (non-hydrogen) atoms. The zero-order chi connectivity index (χ0) is 13.1. The van der Waals surface area contributed by atoms with Crippen LogP contribution in [0.5, 0.6) is 0 Å². The summed E-state index contributed by atoms with van der Waals surface area (Å²) in [4.78, 5) is 8.37. The van der Waals surface area contributed by atoms with E-state index in [4.69, 9.17) is 5.73 Å². The Hall–Kier alpha value is -1.14. The van der Waals surface area contributed by atoms with E-state index in [0.29, 0.717) is 16.4 Å². The van der Waals surface area contributed by atoms with Gasteiger partial charge >= 0.3 is 0 Å². The number of nitrogen functional groups attached to an aromatic ring is 1. The van der Waals surface area contributed by atoms with Crippen molar-refractivity contribution in [2.24, 2.45) is 0 Å². The molecule has 4 nitrogen and oxygen atoms in total. The lowest BCUT2D eigenvalue weighted by molar-refractivity contribution is 1.11. The predicted octanol–water partition coefficient (Wildman–Crippen LogP) is 3.89. The third-order valence-electron chi connectivity index (χ3n) is 2.41. The molecule has 0 amide bonds. The fourth-order valence-electron chi connectivity index (χ4n) is 1.59. The number of aromatic nitrogens is 2. The molecule has 0 aliphatic rings. The summed E-state index contributed by atoms with van der Waals surface area (Å²) < 4.78 is 1.72. The van der Waals surface area contributed by atoms with Crippen molar-refractivity contribution in [2.75, 3.05) is 11.1 Å². The van der Waals surface area contributed by atoms with E-state index in [1.807, 2.05) is 12.1 Å². The number of hydrogen-bond acceptors (Lipinski definition) is 4. The minimum absolute atomic E-state index is 0.425. The number of hydrogen-bond donors (Lipinski definition) is 2. The fraction of sp³-hybridized carbons (Fsp3) is 0.167. The van der Waals surface area contributed by atoms with E-state index in [-0.39, 0.29) is 0 Å².